The van der Waals surface area contributed by atoms with Crippen LogP contribution in [0.3, 0.4) is 0 Å². The van der Waals surface area contributed by atoms with Crippen molar-refractivity contribution < 1.29 is 17.9 Å². The number of amides is 1. The van der Waals surface area contributed by atoms with Crippen LogP contribution in [0.25, 0.3) is 0 Å². The lowest BCUT2D eigenvalue weighted by Gasteiger charge is -2.20. The lowest BCUT2D eigenvalue weighted by atomic mass is 10.2. The summed E-state index contributed by atoms with van der Waals surface area (Å²) in [6.45, 7) is 5.90. The highest BCUT2D eigenvalue weighted by atomic mass is 32.2. The van der Waals surface area contributed by atoms with E-state index in [4.69, 9.17) is 4.74 Å². The first kappa shape index (κ1) is 21.5. The molecule has 0 bridgehead atoms. The molecule has 0 aromatic heterocycles. The minimum Gasteiger partial charge on any atom is -0.481 e. The van der Waals surface area contributed by atoms with Crippen molar-refractivity contribution in [1.82, 2.24) is 10.2 Å². The van der Waals surface area contributed by atoms with E-state index in [2.05, 4.69) is 10.2 Å². The number of benzene rings is 1. The number of likely N-dealkylation sites (tertiary alicyclic amines) is 1. The maximum atomic E-state index is 12.3. The van der Waals surface area contributed by atoms with Gasteiger partial charge in [-0.1, -0.05) is 6.92 Å². The molecule has 1 saturated heterocycles. The van der Waals surface area contributed by atoms with Crippen LogP contribution in [0.1, 0.15) is 32.6 Å². The molecule has 1 atom stereocenters. The summed E-state index contributed by atoms with van der Waals surface area (Å²) in [5, 5.41) is 2.95. The van der Waals surface area contributed by atoms with Gasteiger partial charge in [0.15, 0.2) is 6.10 Å². The number of rotatable bonds is 10. The Balaban J connectivity index is 1.81. The van der Waals surface area contributed by atoms with Gasteiger partial charge in [0.2, 0.25) is 10.0 Å². The summed E-state index contributed by atoms with van der Waals surface area (Å²) in [6.07, 6.45) is 4.64. The molecule has 1 aliphatic rings. The molecular formula is C19H31N3O4S. The summed E-state index contributed by atoms with van der Waals surface area (Å²) >= 11 is 0. The molecule has 0 aliphatic carbocycles. The van der Waals surface area contributed by atoms with E-state index < -0.39 is 16.1 Å². The van der Waals surface area contributed by atoms with Gasteiger partial charge < -0.3 is 15.0 Å². The average molecular weight is 398 g/mol. The maximum Gasteiger partial charge on any atom is 0.261 e. The molecule has 1 N–H and O–H groups in total. The molecule has 2 rings (SSSR count). The van der Waals surface area contributed by atoms with E-state index in [1.54, 1.807) is 24.3 Å². The van der Waals surface area contributed by atoms with E-state index in [0.717, 1.165) is 19.2 Å². The molecule has 1 fully saturated rings. The maximum absolute atomic E-state index is 12.3. The van der Waals surface area contributed by atoms with Gasteiger partial charge in [0.1, 0.15) is 5.75 Å². The number of sulfonamides is 1. The van der Waals surface area contributed by atoms with Gasteiger partial charge >= 0.3 is 0 Å². The number of hydrogen-bond acceptors (Lipinski definition) is 5. The first-order chi connectivity index (χ1) is 12.8. The zero-order valence-electron chi connectivity index (χ0n) is 16.5. The molecule has 1 aliphatic heterocycles. The average Bonchev–Trinajstić information content (AvgIpc) is 3.15. The van der Waals surface area contributed by atoms with Gasteiger partial charge in [0, 0.05) is 13.6 Å². The lowest BCUT2D eigenvalue weighted by Crippen LogP contribution is -2.39. The van der Waals surface area contributed by atoms with Crippen molar-refractivity contribution in [3.05, 3.63) is 24.3 Å². The third-order valence-corrected chi connectivity index (χ3v) is 5.99. The zero-order valence-corrected chi connectivity index (χ0v) is 17.3. The smallest absolute Gasteiger partial charge is 0.261 e. The van der Waals surface area contributed by atoms with Gasteiger partial charge in [-0.3, -0.25) is 9.10 Å². The molecule has 1 aromatic carbocycles. The summed E-state index contributed by atoms with van der Waals surface area (Å²) in [6, 6.07) is 6.69. The van der Waals surface area contributed by atoms with Crippen molar-refractivity contribution in [1.29, 1.82) is 0 Å². The van der Waals surface area contributed by atoms with Gasteiger partial charge in [-0.2, -0.15) is 0 Å². The highest BCUT2D eigenvalue weighted by molar-refractivity contribution is 7.92. The van der Waals surface area contributed by atoms with E-state index in [0.29, 0.717) is 24.4 Å². The van der Waals surface area contributed by atoms with E-state index in [1.807, 2.05) is 6.92 Å². The van der Waals surface area contributed by atoms with Gasteiger partial charge in [-0.15, -0.1) is 0 Å². The summed E-state index contributed by atoms with van der Waals surface area (Å²) in [4.78, 5) is 14.8. The fourth-order valence-corrected chi connectivity index (χ4v) is 3.55. The van der Waals surface area contributed by atoms with Crippen LogP contribution in [-0.2, 0) is 14.8 Å². The molecular weight excluding hydrogens is 366 g/mol. The SMILES string of the molecule is CCC(Oc1ccc(N(C)S(C)(=O)=O)cc1)C(=O)NCCCN1CCCC1. The number of carbonyl (C=O) groups is 1. The summed E-state index contributed by atoms with van der Waals surface area (Å²) < 4.78 is 30.1. The molecule has 27 heavy (non-hydrogen) atoms. The Kier molecular flexibility index (Phi) is 7.91. The van der Waals surface area contributed by atoms with Crippen LogP contribution in [0.15, 0.2) is 24.3 Å². The molecule has 0 saturated carbocycles. The predicted octanol–water partition coefficient (Wildman–Crippen LogP) is 1.84. The molecule has 8 heteroatoms. The van der Waals surface area contributed by atoms with Crippen LogP contribution >= 0.6 is 0 Å². The number of anilines is 1. The molecule has 152 valence electrons. The third kappa shape index (κ3) is 6.70. The van der Waals surface area contributed by atoms with Crippen molar-refractivity contribution >= 4 is 21.6 Å². The lowest BCUT2D eigenvalue weighted by molar-refractivity contribution is -0.128. The van der Waals surface area contributed by atoms with E-state index >= 15 is 0 Å². The molecule has 1 amide bonds. The third-order valence-electron chi connectivity index (χ3n) is 4.79. The second kappa shape index (κ2) is 9.94. The van der Waals surface area contributed by atoms with Gasteiger partial charge in [-0.25, -0.2) is 8.42 Å². The normalized spacial score (nSPS) is 16.1. The number of hydrogen-bond donors (Lipinski definition) is 1. The van der Waals surface area contributed by atoms with E-state index in [1.165, 1.54) is 37.3 Å². The standard InChI is InChI=1S/C19H31N3O4S/c1-4-18(19(23)20-12-7-15-22-13-5-6-14-22)26-17-10-8-16(9-11-17)21(2)27(3,24)25/h8-11,18H,4-7,12-15H2,1-3H3,(H,20,23). The van der Waals surface area contributed by atoms with Crippen molar-refractivity contribution in [2.24, 2.45) is 0 Å². The first-order valence-electron chi connectivity index (χ1n) is 9.52. The number of nitrogens with zero attached hydrogens (tertiary/aromatic N) is 2. The number of carbonyl (C=O) groups excluding carboxylic acids is 1. The Labute approximate surface area is 162 Å². The minimum atomic E-state index is -3.30. The van der Waals surface area contributed by atoms with Crippen molar-refractivity contribution in [2.45, 2.75) is 38.7 Å². The van der Waals surface area contributed by atoms with E-state index in [9.17, 15) is 13.2 Å². The molecule has 7 nitrogen and oxygen atoms in total. The summed E-state index contributed by atoms with van der Waals surface area (Å²) in [7, 11) is -1.81. The number of ether oxygens (including phenoxy) is 1. The van der Waals surface area contributed by atoms with Crippen LogP contribution in [0.5, 0.6) is 5.75 Å². The Morgan fingerprint density at radius 2 is 1.89 bits per heavy atom. The van der Waals surface area contributed by atoms with E-state index in [-0.39, 0.29) is 5.91 Å². The molecule has 1 heterocycles. The second-order valence-electron chi connectivity index (χ2n) is 6.93. The van der Waals surface area contributed by atoms with Gasteiger partial charge in [0.05, 0.1) is 11.9 Å². The number of nitrogens with one attached hydrogen (secondary N) is 1. The zero-order chi connectivity index (χ0) is 19.9. The topological polar surface area (TPSA) is 78.9 Å². The molecule has 1 aromatic rings. The van der Waals surface area contributed by atoms with Crippen LogP contribution in [-0.4, -0.2) is 64.8 Å². The quantitative estimate of drug-likeness (QED) is 0.610. The largest absolute Gasteiger partial charge is 0.481 e. The molecule has 0 spiro atoms. The van der Waals surface area contributed by atoms with Gasteiger partial charge in [0.25, 0.3) is 5.91 Å². The van der Waals surface area contributed by atoms with Crippen molar-refractivity contribution in [3.8, 4) is 5.75 Å². The Morgan fingerprint density at radius 1 is 1.26 bits per heavy atom. The summed E-state index contributed by atoms with van der Waals surface area (Å²) in [5.41, 5.74) is 0.546. The molecule has 1 unspecified atom stereocenters. The van der Waals surface area contributed by atoms with Crippen LogP contribution < -0.4 is 14.4 Å². The second-order valence-corrected chi connectivity index (χ2v) is 8.95. The van der Waals surface area contributed by atoms with Crippen LogP contribution in [0.2, 0.25) is 0 Å². The Morgan fingerprint density at radius 3 is 2.44 bits per heavy atom. The Hall–Kier alpha value is -1.80. The fourth-order valence-electron chi connectivity index (χ4n) is 3.05. The van der Waals surface area contributed by atoms with Crippen molar-refractivity contribution in [3.63, 3.8) is 0 Å². The molecule has 0 radical (unpaired) electrons. The van der Waals surface area contributed by atoms with Crippen molar-refractivity contribution in [2.75, 3.05) is 43.8 Å². The summed E-state index contributed by atoms with van der Waals surface area (Å²) in [5.74, 6) is 0.427. The Bertz CT molecular complexity index is 700. The van der Waals surface area contributed by atoms with Crippen LogP contribution in [0.4, 0.5) is 5.69 Å². The fraction of sp³-hybridized carbons (Fsp3) is 0.632. The predicted molar refractivity (Wildman–Crippen MR) is 108 cm³/mol. The minimum absolute atomic E-state index is 0.115. The highest BCUT2D eigenvalue weighted by Crippen LogP contribution is 2.21. The van der Waals surface area contributed by atoms with Gasteiger partial charge in [-0.05, 0) is 69.6 Å². The van der Waals surface area contributed by atoms with Crippen LogP contribution in [0, 0.1) is 0 Å². The highest BCUT2D eigenvalue weighted by Gasteiger charge is 2.19. The monoisotopic (exact) mass is 397 g/mol. The first-order valence-corrected chi connectivity index (χ1v) is 11.4.